The maximum atomic E-state index is 11.1. The summed E-state index contributed by atoms with van der Waals surface area (Å²) < 4.78 is 14.9. The Morgan fingerprint density at radius 1 is 1.50 bits per heavy atom. The Bertz CT molecular complexity index is 228. The van der Waals surface area contributed by atoms with E-state index >= 15 is 0 Å². The maximum Gasteiger partial charge on any atom is 0.333 e. The van der Waals surface area contributed by atoms with Crippen LogP contribution in [0, 0.1) is 5.41 Å². The smallest absolute Gasteiger partial charge is 0.333 e. The van der Waals surface area contributed by atoms with Crippen LogP contribution < -0.4 is 0 Å². The van der Waals surface area contributed by atoms with Gasteiger partial charge in [0.1, 0.15) is 6.79 Å². The molecule has 80 valence electrons. The van der Waals surface area contributed by atoms with Crippen molar-refractivity contribution in [2.24, 2.45) is 5.41 Å². The van der Waals surface area contributed by atoms with Gasteiger partial charge in [0.25, 0.3) is 0 Å². The lowest BCUT2D eigenvalue weighted by Crippen LogP contribution is -2.35. The Kier molecular flexibility index (Phi) is 3.66. The molecule has 0 unspecified atom stereocenters. The lowest BCUT2D eigenvalue weighted by atomic mass is 9.85. The minimum Gasteiger partial charge on any atom is -0.466 e. The van der Waals surface area contributed by atoms with Gasteiger partial charge in [0, 0.05) is 11.0 Å². The van der Waals surface area contributed by atoms with Crippen molar-refractivity contribution in [1.29, 1.82) is 0 Å². The molecule has 0 atom stereocenters. The molecule has 0 N–H and O–H groups in total. The van der Waals surface area contributed by atoms with Crippen molar-refractivity contribution in [3.05, 3.63) is 12.2 Å². The number of carbonyl (C=O) groups excluding carboxylic acids is 1. The number of methoxy groups -OCH3 is 1. The summed E-state index contributed by atoms with van der Waals surface area (Å²) in [4.78, 5) is 11.1. The summed E-state index contributed by atoms with van der Waals surface area (Å²) in [5.74, 6) is -0.364. The van der Waals surface area contributed by atoms with Crippen LogP contribution in [0.2, 0.25) is 0 Å². The average molecular weight is 200 g/mol. The summed E-state index contributed by atoms with van der Waals surface area (Å²) in [7, 11) is 1.35. The quantitative estimate of drug-likeness (QED) is 0.506. The fourth-order valence-electron chi connectivity index (χ4n) is 1.51. The van der Waals surface area contributed by atoms with Gasteiger partial charge >= 0.3 is 5.97 Å². The van der Waals surface area contributed by atoms with E-state index in [0.717, 1.165) is 0 Å². The van der Waals surface area contributed by atoms with Crippen LogP contribution in [0.4, 0.5) is 0 Å². The molecule has 4 nitrogen and oxygen atoms in total. The molecule has 1 aliphatic heterocycles. The fourth-order valence-corrected chi connectivity index (χ4v) is 1.51. The Labute approximate surface area is 83.8 Å². The average Bonchev–Trinajstić information content (AvgIpc) is 2.17. The maximum absolute atomic E-state index is 11.1. The summed E-state index contributed by atoms with van der Waals surface area (Å²) in [6.07, 6.45) is 0.541. The van der Waals surface area contributed by atoms with Gasteiger partial charge in [0.15, 0.2) is 0 Å². The molecule has 0 aliphatic carbocycles. The highest BCUT2D eigenvalue weighted by Crippen LogP contribution is 2.29. The van der Waals surface area contributed by atoms with Gasteiger partial charge < -0.3 is 14.2 Å². The van der Waals surface area contributed by atoms with Gasteiger partial charge in [-0.15, -0.1) is 0 Å². The van der Waals surface area contributed by atoms with E-state index in [1.807, 2.05) is 6.92 Å². The third kappa shape index (κ3) is 2.82. The third-order valence-corrected chi connectivity index (χ3v) is 2.18. The lowest BCUT2D eigenvalue weighted by Gasteiger charge is -2.33. The van der Waals surface area contributed by atoms with E-state index in [4.69, 9.17) is 9.47 Å². The molecule has 1 heterocycles. The second kappa shape index (κ2) is 4.57. The van der Waals surface area contributed by atoms with E-state index in [1.54, 1.807) is 0 Å². The minimum absolute atomic E-state index is 0.163. The highest BCUT2D eigenvalue weighted by Gasteiger charge is 2.30. The molecular formula is C10H16O4. The van der Waals surface area contributed by atoms with Gasteiger partial charge in [-0.2, -0.15) is 0 Å². The molecule has 4 heteroatoms. The molecule has 0 aromatic rings. The zero-order chi connectivity index (χ0) is 10.6. The summed E-state index contributed by atoms with van der Waals surface area (Å²) in [6, 6.07) is 0. The molecule has 0 spiro atoms. The molecule has 14 heavy (non-hydrogen) atoms. The Morgan fingerprint density at radius 2 is 2.07 bits per heavy atom. The van der Waals surface area contributed by atoms with E-state index in [-0.39, 0.29) is 11.4 Å². The summed E-state index contributed by atoms with van der Waals surface area (Å²) in [5.41, 5.74) is 0.299. The van der Waals surface area contributed by atoms with Gasteiger partial charge in [0.2, 0.25) is 0 Å². The number of rotatable bonds is 3. The standard InChI is InChI=1S/C10H16O4/c1-8(9(11)12-3)4-10(2)5-13-7-14-6-10/h1,4-7H2,2-3H3. The Morgan fingerprint density at radius 3 is 2.57 bits per heavy atom. The van der Waals surface area contributed by atoms with Crippen LogP contribution in [0.1, 0.15) is 13.3 Å². The van der Waals surface area contributed by atoms with Crippen LogP contribution in [0.5, 0.6) is 0 Å². The number of hydrogen-bond donors (Lipinski definition) is 0. The first-order valence-electron chi connectivity index (χ1n) is 4.49. The Hall–Kier alpha value is -0.870. The van der Waals surface area contributed by atoms with E-state index in [1.165, 1.54) is 7.11 Å². The summed E-state index contributed by atoms with van der Waals surface area (Å²) in [6.45, 7) is 7.19. The van der Waals surface area contributed by atoms with E-state index < -0.39 is 0 Å². The molecule has 1 fully saturated rings. The molecule has 0 amide bonds. The molecule has 1 aliphatic rings. The van der Waals surface area contributed by atoms with Crippen molar-refractivity contribution >= 4 is 5.97 Å². The van der Waals surface area contributed by atoms with Gasteiger partial charge in [-0.25, -0.2) is 4.79 Å². The van der Waals surface area contributed by atoms with Crippen LogP contribution in [-0.4, -0.2) is 33.1 Å². The first-order chi connectivity index (χ1) is 6.57. The molecule has 0 radical (unpaired) electrons. The second-order valence-corrected chi connectivity index (χ2v) is 3.90. The highest BCUT2D eigenvalue weighted by atomic mass is 16.7. The van der Waals surface area contributed by atoms with Crippen LogP contribution in [-0.2, 0) is 19.0 Å². The number of ether oxygens (including phenoxy) is 3. The summed E-state index contributed by atoms with van der Waals surface area (Å²) >= 11 is 0. The van der Waals surface area contributed by atoms with Gasteiger partial charge in [0.05, 0.1) is 20.3 Å². The summed E-state index contributed by atoms with van der Waals surface area (Å²) in [5, 5.41) is 0. The molecule has 1 saturated heterocycles. The number of esters is 1. The van der Waals surface area contributed by atoms with Crippen molar-refractivity contribution in [1.82, 2.24) is 0 Å². The zero-order valence-electron chi connectivity index (χ0n) is 8.67. The van der Waals surface area contributed by atoms with Gasteiger partial charge in [-0.1, -0.05) is 13.5 Å². The van der Waals surface area contributed by atoms with Crippen LogP contribution >= 0.6 is 0 Å². The first-order valence-corrected chi connectivity index (χ1v) is 4.49. The third-order valence-electron chi connectivity index (χ3n) is 2.18. The zero-order valence-corrected chi connectivity index (χ0v) is 8.67. The molecule has 0 bridgehead atoms. The van der Waals surface area contributed by atoms with Crippen molar-refractivity contribution in [2.45, 2.75) is 13.3 Å². The van der Waals surface area contributed by atoms with Crippen LogP contribution in [0.15, 0.2) is 12.2 Å². The Balaban J connectivity index is 2.49. The van der Waals surface area contributed by atoms with E-state index in [0.29, 0.717) is 32.0 Å². The normalized spacial score (nSPS) is 20.1. The lowest BCUT2D eigenvalue weighted by molar-refractivity contribution is -0.160. The SMILES string of the molecule is C=C(CC1(C)COCOC1)C(=O)OC. The largest absolute Gasteiger partial charge is 0.466 e. The first kappa shape index (κ1) is 11.2. The second-order valence-electron chi connectivity index (χ2n) is 3.90. The highest BCUT2D eigenvalue weighted by molar-refractivity contribution is 5.87. The van der Waals surface area contributed by atoms with E-state index in [9.17, 15) is 4.79 Å². The topological polar surface area (TPSA) is 44.8 Å². The molecule has 0 saturated carbocycles. The molecule has 0 aromatic carbocycles. The van der Waals surface area contributed by atoms with Crippen molar-refractivity contribution < 1.29 is 19.0 Å². The fraction of sp³-hybridized carbons (Fsp3) is 0.700. The molecular weight excluding hydrogens is 184 g/mol. The van der Waals surface area contributed by atoms with E-state index in [2.05, 4.69) is 11.3 Å². The predicted octanol–water partition coefficient (Wildman–Crippen LogP) is 1.12. The van der Waals surface area contributed by atoms with Crippen molar-refractivity contribution in [3.8, 4) is 0 Å². The predicted molar refractivity (Wildman–Crippen MR) is 50.7 cm³/mol. The number of carbonyl (C=O) groups is 1. The van der Waals surface area contributed by atoms with Crippen molar-refractivity contribution in [2.75, 3.05) is 27.1 Å². The van der Waals surface area contributed by atoms with Crippen LogP contribution in [0.3, 0.4) is 0 Å². The number of hydrogen-bond acceptors (Lipinski definition) is 4. The van der Waals surface area contributed by atoms with Crippen LogP contribution in [0.25, 0.3) is 0 Å². The minimum atomic E-state index is -0.364. The van der Waals surface area contributed by atoms with Crippen molar-refractivity contribution in [3.63, 3.8) is 0 Å². The van der Waals surface area contributed by atoms with Gasteiger partial charge in [-0.05, 0) is 6.42 Å². The molecule has 0 aromatic heterocycles. The molecule has 1 rings (SSSR count). The van der Waals surface area contributed by atoms with Gasteiger partial charge in [-0.3, -0.25) is 0 Å². The monoisotopic (exact) mass is 200 g/mol.